The lowest BCUT2D eigenvalue weighted by molar-refractivity contribution is -0.116. The molecule has 0 spiro atoms. The second-order valence-corrected chi connectivity index (χ2v) is 5.33. The molecule has 20 heavy (non-hydrogen) atoms. The Labute approximate surface area is 119 Å². The average molecular weight is 279 g/mol. The third-order valence-corrected chi connectivity index (χ3v) is 3.56. The second kappa shape index (κ2) is 7.36. The van der Waals surface area contributed by atoms with Crippen molar-refractivity contribution in [2.75, 3.05) is 32.0 Å². The molecule has 1 fully saturated rings. The lowest BCUT2D eigenvalue weighted by Gasteiger charge is -2.20. The van der Waals surface area contributed by atoms with Crippen LogP contribution in [0, 0.1) is 5.82 Å². The zero-order valence-electron chi connectivity index (χ0n) is 11.9. The molecule has 0 radical (unpaired) electrons. The minimum absolute atomic E-state index is 0.152. The van der Waals surface area contributed by atoms with Crippen LogP contribution in [-0.2, 0) is 4.79 Å². The Morgan fingerprint density at radius 3 is 3.00 bits per heavy atom. The molecule has 4 nitrogen and oxygen atoms in total. The summed E-state index contributed by atoms with van der Waals surface area (Å²) in [6.07, 6.45) is 2.80. The van der Waals surface area contributed by atoms with Gasteiger partial charge >= 0.3 is 0 Å². The van der Waals surface area contributed by atoms with Crippen LogP contribution in [0.15, 0.2) is 24.3 Å². The van der Waals surface area contributed by atoms with Crippen LogP contribution < -0.4 is 10.6 Å². The Balaban J connectivity index is 1.70. The fourth-order valence-corrected chi connectivity index (χ4v) is 2.45. The van der Waals surface area contributed by atoms with Crippen molar-refractivity contribution in [3.05, 3.63) is 30.1 Å². The number of likely N-dealkylation sites (N-methyl/N-ethyl adjacent to an activating group) is 1. The third-order valence-electron chi connectivity index (χ3n) is 3.56. The number of anilines is 1. The number of nitrogens with one attached hydrogen (secondary N) is 2. The third kappa shape index (κ3) is 4.58. The van der Waals surface area contributed by atoms with Crippen molar-refractivity contribution in [1.82, 2.24) is 10.2 Å². The molecule has 0 aliphatic carbocycles. The van der Waals surface area contributed by atoms with Crippen LogP contribution in [0.1, 0.15) is 19.3 Å². The van der Waals surface area contributed by atoms with Crippen molar-refractivity contribution < 1.29 is 9.18 Å². The summed E-state index contributed by atoms with van der Waals surface area (Å²) in [5.74, 6) is -0.550. The summed E-state index contributed by atoms with van der Waals surface area (Å²) in [6, 6.07) is 6.76. The Morgan fingerprint density at radius 2 is 2.30 bits per heavy atom. The van der Waals surface area contributed by atoms with E-state index in [0.29, 0.717) is 19.0 Å². The standard InChI is InChI=1S/C15H22FN3O/c1-19(11-12-5-4-9-17-12)10-8-15(20)18-14-7-3-2-6-13(14)16/h2-3,6-7,12,17H,4-5,8-11H2,1H3,(H,18,20). The first kappa shape index (κ1) is 14.9. The predicted molar refractivity (Wildman–Crippen MR) is 78.2 cm³/mol. The van der Waals surface area contributed by atoms with Gasteiger partial charge in [-0.3, -0.25) is 4.79 Å². The largest absolute Gasteiger partial charge is 0.324 e. The highest BCUT2D eigenvalue weighted by Crippen LogP contribution is 2.12. The maximum absolute atomic E-state index is 13.4. The van der Waals surface area contributed by atoms with E-state index in [0.717, 1.165) is 13.1 Å². The van der Waals surface area contributed by atoms with Gasteiger partial charge in [-0.25, -0.2) is 4.39 Å². The highest BCUT2D eigenvalue weighted by Gasteiger charge is 2.16. The number of rotatable bonds is 6. The quantitative estimate of drug-likeness (QED) is 0.835. The summed E-state index contributed by atoms with van der Waals surface area (Å²) in [7, 11) is 2.01. The van der Waals surface area contributed by atoms with E-state index in [1.165, 1.54) is 18.9 Å². The lowest BCUT2D eigenvalue weighted by Crippen LogP contribution is -2.36. The maximum atomic E-state index is 13.4. The van der Waals surface area contributed by atoms with E-state index in [1.54, 1.807) is 18.2 Å². The molecule has 1 saturated heterocycles. The van der Waals surface area contributed by atoms with Crippen molar-refractivity contribution >= 4 is 11.6 Å². The van der Waals surface area contributed by atoms with Gasteiger partial charge in [-0.1, -0.05) is 12.1 Å². The summed E-state index contributed by atoms with van der Waals surface area (Å²) >= 11 is 0. The lowest BCUT2D eigenvalue weighted by atomic mass is 10.2. The van der Waals surface area contributed by atoms with E-state index < -0.39 is 5.82 Å². The van der Waals surface area contributed by atoms with E-state index in [9.17, 15) is 9.18 Å². The zero-order chi connectivity index (χ0) is 14.4. The summed E-state index contributed by atoms with van der Waals surface area (Å²) in [4.78, 5) is 13.9. The van der Waals surface area contributed by atoms with Crippen LogP contribution in [0.4, 0.5) is 10.1 Å². The van der Waals surface area contributed by atoms with Crippen LogP contribution >= 0.6 is 0 Å². The van der Waals surface area contributed by atoms with Gasteiger partial charge in [0, 0.05) is 25.6 Å². The molecule has 0 aromatic heterocycles. The van der Waals surface area contributed by atoms with Gasteiger partial charge in [-0.2, -0.15) is 0 Å². The summed E-state index contributed by atoms with van der Waals surface area (Å²) in [6.45, 7) is 2.72. The Hall–Kier alpha value is -1.46. The molecular weight excluding hydrogens is 257 g/mol. The smallest absolute Gasteiger partial charge is 0.225 e. The number of para-hydroxylation sites is 1. The van der Waals surface area contributed by atoms with E-state index in [4.69, 9.17) is 0 Å². The molecule has 1 aliphatic heterocycles. The highest BCUT2D eigenvalue weighted by atomic mass is 19.1. The number of carbonyl (C=O) groups is 1. The first-order valence-corrected chi connectivity index (χ1v) is 7.11. The summed E-state index contributed by atoms with van der Waals surface area (Å²) < 4.78 is 13.4. The molecule has 1 unspecified atom stereocenters. The topological polar surface area (TPSA) is 44.4 Å². The van der Waals surface area contributed by atoms with Crippen LogP contribution in [0.25, 0.3) is 0 Å². The monoisotopic (exact) mass is 279 g/mol. The Kier molecular flexibility index (Phi) is 5.49. The van der Waals surface area contributed by atoms with Gasteiger partial charge in [0.15, 0.2) is 0 Å². The number of benzene rings is 1. The summed E-state index contributed by atoms with van der Waals surface area (Å²) in [5, 5.41) is 6.03. The first-order valence-electron chi connectivity index (χ1n) is 7.11. The second-order valence-electron chi connectivity index (χ2n) is 5.33. The van der Waals surface area contributed by atoms with Gasteiger partial charge in [0.1, 0.15) is 5.82 Å². The number of hydrogen-bond donors (Lipinski definition) is 2. The predicted octanol–water partition coefficient (Wildman–Crippen LogP) is 1.84. The minimum Gasteiger partial charge on any atom is -0.324 e. The zero-order valence-corrected chi connectivity index (χ0v) is 11.9. The van der Waals surface area contributed by atoms with Gasteiger partial charge in [0.05, 0.1) is 5.69 Å². The van der Waals surface area contributed by atoms with Gasteiger partial charge in [-0.15, -0.1) is 0 Å². The number of amides is 1. The van der Waals surface area contributed by atoms with Crippen LogP contribution in [0.2, 0.25) is 0 Å². The molecule has 1 aliphatic rings. The van der Waals surface area contributed by atoms with E-state index in [2.05, 4.69) is 15.5 Å². The Bertz CT molecular complexity index is 446. The molecule has 1 amide bonds. The molecule has 1 heterocycles. The number of carbonyl (C=O) groups excluding carboxylic acids is 1. The maximum Gasteiger partial charge on any atom is 0.225 e. The van der Waals surface area contributed by atoms with E-state index in [1.807, 2.05) is 7.05 Å². The normalized spacial score (nSPS) is 18.4. The van der Waals surface area contributed by atoms with E-state index in [-0.39, 0.29) is 11.6 Å². The van der Waals surface area contributed by atoms with Crippen molar-refractivity contribution in [1.29, 1.82) is 0 Å². The molecule has 2 N–H and O–H groups in total. The average Bonchev–Trinajstić information content (AvgIpc) is 2.92. The van der Waals surface area contributed by atoms with E-state index >= 15 is 0 Å². The molecule has 1 aromatic carbocycles. The van der Waals surface area contributed by atoms with Crippen LogP contribution in [-0.4, -0.2) is 43.5 Å². The first-order chi connectivity index (χ1) is 9.65. The molecule has 110 valence electrons. The van der Waals surface area contributed by atoms with Gasteiger partial charge in [-0.05, 0) is 38.6 Å². The molecule has 1 atom stereocenters. The molecular formula is C15H22FN3O. The molecule has 2 rings (SSSR count). The van der Waals surface area contributed by atoms with Crippen molar-refractivity contribution in [2.45, 2.75) is 25.3 Å². The molecule has 5 heteroatoms. The highest BCUT2D eigenvalue weighted by molar-refractivity contribution is 5.90. The molecule has 0 saturated carbocycles. The van der Waals surface area contributed by atoms with Crippen LogP contribution in [0.5, 0.6) is 0 Å². The van der Waals surface area contributed by atoms with Crippen LogP contribution in [0.3, 0.4) is 0 Å². The minimum atomic E-state index is -0.399. The molecule has 1 aromatic rings. The fourth-order valence-electron chi connectivity index (χ4n) is 2.45. The Morgan fingerprint density at radius 1 is 1.50 bits per heavy atom. The molecule has 0 bridgehead atoms. The number of hydrogen-bond acceptors (Lipinski definition) is 3. The van der Waals surface area contributed by atoms with Gasteiger partial charge in [0.2, 0.25) is 5.91 Å². The van der Waals surface area contributed by atoms with Gasteiger partial charge in [0.25, 0.3) is 0 Å². The van der Waals surface area contributed by atoms with Crippen molar-refractivity contribution in [3.8, 4) is 0 Å². The SMILES string of the molecule is CN(CCC(=O)Nc1ccccc1F)CC1CCCN1. The van der Waals surface area contributed by atoms with Crippen molar-refractivity contribution in [2.24, 2.45) is 0 Å². The fraction of sp³-hybridized carbons (Fsp3) is 0.533. The summed E-state index contributed by atoms with van der Waals surface area (Å²) in [5.41, 5.74) is 0.248. The van der Waals surface area contributed by atoms with Gasteiger partial charge < -0.3 is 15.5 Å². The number of halogens is 1. The van der Waals surface area contributed by atoms with Crippen molar-refractivity contribution in [3.63, 3.8) is 0 Å². The number of nitrogens with zero attached hydrogens (tertiary/aromatic N) is 1.